The van der Waals surface area contributed by atoms with Crippen LogP contribution < -0.4 is 0 Å². The summed E-state index contributed by atoms with van der Waals surface area (Å²) in [4.78, 5) is 20.4. The molecule has 0 atom stereocenters. The summed E-state index contributed by atoms with van der Waals surface area (Å²) in [6, 6.07) is 0. The van der Waals surface area contributed by atoms with Gasteiger partial charge in [0.2, 0.25) is 0 Å². The zero-order chi connectivity index (χ0) is 64.9. The Morgan fingerprint density at radius 3 is 0.720 bits per heavy atom. The number of hydrogen-bond donors (Lipinski definition) is 0. The van der Waals surface area contributed by atoms with Crippen LogP contribution in [0.25, 0.3) is 0 Å². The van der Waals surface area contributed by atoms with E-state index in [-0.39, 0.29) is 7.43 Å². The molecular formula is C74H178N8. The monoisotopic (exact) mass is 1180 g/mol. The quantitative estimate of drug-likeness (QED) is 0.0634. The fourth-order valence-electron chi connectivity index (χ4n) is 9.99. The molecule has 0 amide bonds. The Labute approximate surface area is 530 Å². The van der Waals surface area contributed by atoms with Gasteiger partial charge in [0.25, 0.3) is 0 Å². The molecule has 0 aromatic rings. The summed E-state index contributed by atoms with van der Waals surface area (Å²) in [5, 5.41) is 0. The molecule has 0 bridgehead atoms. The molecule has 3 rings (SSSR count). The summed E-state index contributed by atoms with van der Waals surface area (Å²) in [5.74, 6) is 2.94. The summed E-state index contributed by atoms with van der Waals surface area (Å²) in [5.41, 5.74) is 0. The molecule has 8 nitrogen and oxygen atoms in total. The Hall–Kier alpha value is -0.320. The summed E-state index contributed by atoms with van der Waals surface area (Å²) in [6.45, 7) is 82.7. The zero-order valence-electron chi connectivity index (χ0n) is 63.9. The van der Waals surface area contributed by atoms with Crippen molar-refractivity contribution in [3.63, 3.8) is 0 Å². The molecule has 0 radical (unpaired) electrons. The van der Waals surface area contributed by atoms with Crippen molar-refractivity contribution in [2.24, 2.45) is 17.8 Å². The van der Waals surface area contributed by atoms with E-state index in [1.54, 1.807) is 0 Å². The Morgan fingerprint density at radius 2 is 0.463 bits per heavy atom. The molecule has 3 saturated carbocycles. The fourth-order valence-corrected chi connectivity index (χ4v) is 9.99. The van der Waals surface area contributed by atoms with E-state index in [1.165, 1.54) is 220 Å². The highest BCUT2D eigenvalue weighted by Crippen LogP contribution is 2.28. The predicted octanol–water partition coefficient (Wildman–Crippen LogP) is 22.6. The molecule has 514 valence electrons. The van der Waals surface area contributed by atoms with E-state index in [1.807, 2.05) is 125 Å². The van der Waals surface area contributed by atoms with E-state index in [4.69, 9.17) is 0 Å². The molecule has 0 heterocycles. The molecule has 0 N–H and O–H groups in total. The van der Waals surface area contributed by atoms with Gasteiger partial charge in [0, 0.05) is 19.6 Å². The van der Waals surface area contributed by atoms with Crippen molar-refractivity contribution in [2.75, 3.05) is 132 Å². The predicted molar refractivity (Wildman–Crippen MR) is 393 cm³/mol. The van der Waals surface area contributed by atoms with Crippen LogP contribution in [0, 0.1) is 17.8 Å². The van der Waals surface area contributed by atoms with Crippen molar-refractivity contribution in [3.8, 4) is 0 Å². The van der Waals surface area contributed by atoms with Crippen molar-refractivity contribution in [1.82, 2.24) is 39.2 Å². The molecule has 8 heteroatoms. The number of unbranched alkanes of at least 4 members (excludes halogenated alkanes) is 3. The third-order valence-corrected chi connectivity index (χ3v) is 14.6. The van der Waals surface area contributed by atoms with Crippen molar-refractivity contribution in [2.45, 2.75) is 343 Å². The molecule has 82 heavy (non-hydrogen) atoms. The van der Waals surface area contributed by atoms with Crippen LogP contribution in [0.3, 0.4) is 0 Å². The van der Waals surface area contributed by atoms with Crippen LogP contribution in [0.5, 0.6) is 0 Å². The number of rotatable bonds is 31. The topological polar surface area (TPSA) is 25.9 Å². The normalized spacial score (nSPS) is 13.6. The smallest absolute Gasteiger partial charge is 0.0506 e. The highest BCUT2D eigenvalue weighted by molar-refractivity contribution is 4.75. The average molecular weight is 1180 g/mol. The lowest BCUT2D eigenvalue weighted by molar-refractivity contribution is 0.0905. The lowest BCUT2D eigenvalue weighted by Crippen LogP contribution is -2.43. The molecule has 0 spiro atoms. The van der Waals surface area contributed by atoms with E-state index in [2.05, 4.69) is 129 Å². The minimum absolute atomic E-state index is 0. The van der Waals surface area contributed by atoms with E-state index >= 15 is 0 Å². The summed E-state index contributed by atoms with van der Waals surface area (Å²) in [7, 11) is 4.47. The van der Waals surface area contributed by atoms with Crippen LogP contribution in [-0.2, 0) is 0 Å². The van der Waals surface area contributed by atoms with Crippen LogP contribution in [0.15, 0.2) is 0 Å². The SMILES string of the molecule is C.CC.CC.CC.CC.CC.CC.CC.CC.CC.CCCCN(C)CN(CC)CC.CCCCN(CCCC)CN(CC)CC.CCN(CC)CN(C)CC1CCCCC1.CCN(CC)CN(CC1CCCCC1)CC1CCCCC1. The molecule has 0 aromatic heterocycles. The van der Waals surface area contributed by atoms with Crippen LogP contribution in [-0.4, -0.2) is 172 Å². The van der Waals surface area contributed by atoms with Gasteiger partial charge in [0.05, 0.1) is 26.7 Å². The molecule has 3 aliphatic rings. The second-order valence-corrected chi connectivity index (χ2v) is 20.1. The van der Waals surface area contributed by atoms with Crippen molar-refractivity contribution >= 4 is 0 Å². The van der Waals surface area contributed by atoms with E-state index in [9.17, 15) is 0 Å². The Kier molecular flexibility index (Phi) is 129. The maximum Gasteiger partial charge on any atom is 0.0506 e. The molecule has 3 fully saturated rings. The minimum Gasteiger partial charge on any atom is -0.294 e. The summed E-state index contributed by atoms with van der Waals surface area (Å²) < 4.78 is 0. The third-order valence-electron chi connectivity index (χ3n) is 14.6. The second kappa shape index (κ2) is 99.7. The maximum absolute atomic E-state index is 2.82. The first-order chi connectivity index (χ1) is 39.6. The molecule has 0 saturated heterocycles. The van der Waals surface area contributed by atoms with Gasteiger partial charge in [0.1, 0.15) is 0 Å². The van der Waals surface area contributed by atoms with Gasteiger partial charge in [-0.15, -0.1) is 0 Å². The van der Waals surface area contributed by atoms with Gasteiger partial charge in [-0.1, -0.05) is 285 Å². The van der Waals surface area contributed by atoms with Gasteiger partial charge < -0.3 is 0 Å². The Bertz CT molecular complexity index is 864. The average Bonchev–Trinajstić information content (AvgIpc) is 3.56. The molecule has 0 aliphatic heterocycles. The molecule has 0 unspecified atom stereocenters. The minimum atomic E-state index is 0. The lowest BCUT2D eigenvalue weighted by atomic mass is 9.87. The van der Waals surface area contributed by atoms with Crippen LogP contribution in [0.1, 0.15) is 343 Å². The van der Waals surface area contributed by atoms with Gasteiger partial charge in [-0.2, -0.15) is 0 Å². The fraction of sp³-hybridized carbons (Fsp3) is 1.00. The van der Waals surface area contributed by atoms with E-state index in [0.29, 0.717) is 0 Å². The second-order valence-electron chi connectivity index (χ2n) is 20.1. The van der Waals surface area contributed by atoms with Crippen molar-refractivity contribution in [3.05, 3.63) is 0 Å². The van der Waals surface area contributed by atoms with Gasteiger partial charge in [-0.25, -0.2) is 0 Å². The van der Waals surface area contributed by atoms with Gasteiger partial charge in [-0.3, -0.25) is 39.2 Å². The highest BCUT2D eigenvalue weighted by atomic mass is 15.3. The standard InChI is InChI=1S/C19H38N2.C13H28N2.C13H30N2.C10H24N2.9C2H6.CH4/c1-3-20(4-2)17-21(15-18-11-7-5-8-12-18)16-19-13-9-6-10-14-19;1-4-15(5-2)12-14(3)11-13-9-7-6-8-10-13;1-5-9-11-15(12-10-6-2)13-14(7-3)8-4;1-5-8-9-11(4)10-12(6-2)7-3;9*1-2;/h18-19H,3-17H2,1-2H3;13H,4-12H2,1-3H3;5-13H2,1-4H3;5-10H2,1-4H3;9*1-2H3;1H4. The van der Waals surface area contributed by atoms with E-state index in [0.717, 1.165) is 50.8 Å². The first-order valence-electron chi connectivity index (χ1n) is 37.3. The van der Waals surface area contributed by atoms with Crippen molar-refractivity contribution < 1.29 is 0 Å². The molecule has 0 aromatic carbocycles. The molecule has 3 aliphatic carbocycles. The summed E-state index contributed by atoms with van der Waals surface area (Å²) in [6.07, 6.45) is 30.0. The summed E-state index contributed by atoms with van der Waals surface area (Å²) >= 11 is 0. The van der Waals surface area contributed by atoms with Crippen molar-refractivity contribution in [1.29, 1.82) is 0 Å². The Morgan fingerprint density at radius 1 is 0.244 bits per heavy atom. The first kappa shape index (κ1) is 106. The third kappa shape index (κ3) is 77.7. The molecular weight excluding hydrogens is 1000 g/mol. The van der Waals surface area contributed by atoms with Crippen LogP contribution in [0.4, 0.5) is 0 Å². The highest BCUT2D eigenvalue weighted by Gasteiger charge is 2.23. The largest absolute Gasteiger partial charge is 0.294 e. The zero-order valence-corrected chi connectivity index (χ0v) is 63.9. The van der Waals surface area contributed by atoms with Crippen LogP contribution in [0.2, 0.25) is 0 Å². The first-order valence-corrected chi connectivity index (χ1v) is 37.3. The Balaban J connectivity index is -0.0000000839. The van der Waals surface area contributed by atoms with Gasteiger partial charge in [0.15, 0.2) is 0 Å². The van der Waals surface area contributed by atoms with E-state index < -0.39 is 0 Å². The van der Waals surface area contributed by atoms with Gasteiger partial charge in [-0.05, 0) is 162 Å². The maximum atomic E-state index is 2.82. The number of nitrogens with zero attached hydrogens (tertiary/aromatic N) is 8. The number of hydrogen-bond acceptors (Lipinski definition) is 8. The van der Waals surface area contributed by atoms with Gasteiger partial charge >= 0.3 is 0 Å². The lowest BCUT2D eigenvalue weighted by Gasteiger charge is -2.36. The van der Waals surface area contributed by atoms with Crippen LogP contribution >= 0.6 is 0 Å².